The lowest BCUT2D eigenvalue weighted by Gasteiger charge is -2.11. The molecule has 9 heteroatoms. The molecule has 0 fully saturated rings. The second-order valence-electron chi connectivity index (χ2n) is 5.39. The molecule has 1 N–H and O–H groups in total. The summed E-state index contributed by atoms with van der Waals surface area (Å²) in [5, 5.41) is 8.71. The summed E-state index contributed by atoms with van der Waals surface area (Å²) in [5.41, 5.74) is 1.31. The van der Waals surface area contributed by atoms with Crippen LogP contribution in [0.1, 0.15) is 5.56 Å². The van der Waals surface area contributed by atoms with E-state index in [2.05, 4.69) is 20.2 Å². The molecule has 2 aromatic heterocycles. The molecule has 0 spiro atoms. The number of aromatic nitrogens is 5. The van der Waals surface area contributed by atoms with E-state index in [1.807, 2.05) is 12.1 Å². The Morgan fingerprint density at radius 3 is 2.77 bits per heavy atom. The number of fused-ring (bicyclic) bond motifs is 1. The molecule has 4 aromatic rings. The van der Waals surface area contributed by atoms with Crippen molar-refractivity contribution in [3.05, 3.63) is 74.8 Å². The number of halogens is 2. The van der Waals surface area contributed by atoms with Crippen LogP contribution >= 0.6 is 35.0 Å². The zero-order valence-corrected chi connectivity index (χ0v) is 15.5. The van der Waals surface area contributed by atoms with Gasteiger partial charge < -0.3 is 0 Å². The van der Waals surface area contributed by atoms with Gasteiger partial charge in [0.2, 0.25) is 5.95 Å². The second kappa shape index (κ2) is 7.11. The van der Waals surface area contributed by atoms with E-state index in [4.69, 9.17) is 23.2 Å². The molecule has 4 rings (SSSR count). The molecule has 0 saturated heterocycles. The summed E-state index contributed by atoms with van der Waals surface area (Å²) < 4.78 is 1.42. The number of H-pyrrole nitrogens is 1. The zero-order valence-electron chi connectivity index (χ0n) is 13.2. The van der Waals surface area contributed by atoms with Gasteiger partial charge in [-0.15, -0.1) is 0 Å². The first-order valence-electron chi connectivity index (χ1n) is 7.58. The number of hydrogen-bond acceptors (Lipinski definition) is 5. The largest absolute Gasteiger partial charge is 0.269 e. The molecule has 0 amide bonds. The topological polar surface area (TPSA) is 76.5 Å². The molecule has 0 radical (unpaired) electrons. The number of benzene rings is 2. The van der Waals surface area contributed by atoms with Gasteiger partial charge in [0.15, 0.2) is 5.16 Å². The highest BCUT2D eigenvalue weighted by molar-refractivity contribution is 7.98. The minimum atomic E-state index is -0.211. The number of thioether (sulfide) groups is 1. The molecule has 0 unspecified atom stereocenters. The van der Waals surface area contributed by atoms with Gasteiger partial charge in [0.25, 0.3) is 5.56 Å². The van der Waals surface area contributed by atoms with Crippen LogP contribution < -0.4 is 5.56 Å². The van der Waals surface area contributed by atoms with Gasteiger partial charge in [-0.3, -0.25) is 4.79 Å². The average Bonchev–Trinajstić information content (AvgIpc) is 3.15. The monoisotopic (exact) mass is 403 g/mol. The summed E-state index contributed by atoms with van der Waals surface area (Å²) in [6.07, 6.45) is 1.35. The Kier molecular flexibility index (Phi) is 4.67. The lowest BCUT2D eigenvalue weighted by molar-refractivity contribution is 0.771. The lowest BCUT2D eigenvalue weighted by Crippen LogP contribution is -2.22. The Morgan fingerprint density at radius 2 is 2.00 bits per heavy atom. The first-order chi connectivity index (χ1) is 12.6. The molecule has 0 aliphatic heterocycles. The number of nitrogens with zero attached hydrogens (tertiary/aromatic N) is 4. The molecule has 0 aliphatic carbocycles. The number of aromatic amines is 1. The molecule has 0 atom stereocenters. The normalized spacial score (nSPS) is 11.2. The first kappa shape index (κ1) is 17.1. The van der Waals surface area contributed by atoms with Crippen molar-refractivity contribution < 1.29 is 0 Å². The van der Waals surface area contributed by atoms with Gasteiger partial charge in [-0.25, -0.2) is 14.6 Å². The summed E-state index contributed by atoms with van der Waals surface area (Å²) in [6.45, 7) is 0. The van der Waals surface area contributed by atoms with E-state index in [1.54, 1.807) is 30.3 Å². The van der Waals surface area contributed by atoms with E-state index < -0.39 is 0 Å². The predicted octanol–water partition coefficient (Wildman–Crippen LogP) is 4.10. The van der Waals surface area contributed by atoms with Gasteiger partial charge in [0.1, 0.15) is 6.33 Å². The quantitative estimate of drug-likeness (QED) is 0.409. The van der Waals surface area contributed by atoms with Gasteiger partial charge in [-0.05, 0) is 29.8 Å². The highest BCUT2D eigenvalue weighted by Crippen LogP contribution is 2.28. The highest BCUT2D eigenvalue weighted by Gasteiger charge is 2.15. The molecule has 6 nitrogen and oxygen atoms in total. The van der Waals surface area contributed by atoms with Gasteiger partial charge in [-0.1, -0.05) is 53.2 Å². The number of para-hydroxylation sites is 1. The molecule has 0 bridgehead atoms. The van der Waals surface area contributed by atoms with Crippen LogP contribution in [0.4, 0.5) is 0 Å². The third-order valence-electron chi connectivity index (χ3n) is 3.73. The van der Waals surface area contributed by atoms with Crippen LogP contribution in [0, 0.1) is 0 Å². The van der Waals surface area contributed by atoms with E-state index >= 15 is 0 Å². The Morgan fingerprint density at radius 1 is 1.15 bits per heavy atom. The molecular weight excluding hydrogens is 393 g/mol. The van der Waals surface area contributed by atoms with Crippen LogP contribution in [0.15, 0.2) is 58.7 Å². The van der Waals surface area contributed by atoms with E-state index in [-0.39, 0.29) is 5.56 Å². The van der Waals surface area contributed by atoms with Crippen LogP contribution in [0.3, 0.4) is 0 Å². The van der Waals surface area contributed by atoms with Crippen molar-refractivity contribution in [2.24, 2.45) is 0 Å². The maximum absolute atomic E-state index is 12.9. The van der Waals surface area contributed by atoms with E-state index in [0.717, 1.165) is 5.56 Å². The Hall–Kier alpha value is -2.35. The van der Waals surface area contributed by atoms with Crippen LogP contribution in [0.5, 0.6) is 0 Å². The molecule has 0 aliphatic rings. The highest BCUT2D eigenvalue weighted by atomic mass is 35.5. The number of nitrogens with one attached hydrogen (secondary N) is 1. The molecule has 130 valence electrons. The second-order valence-corrected chi connectivity index (χ2v) is 7.17. The third kappa shape index (κ3) is 3.21. The van der Waals surface area contributed by atoms with Crippen molar-refractivity contribution in [2.45, 2.75) is 10.9 Å². The first-order valence-corrected chi connectivity index (χ1v) is 9.32. The van der Waals surface area contributed by atoms with Crippen molar-refractivity contribution in [1.29, 1.82) is 0 Å². The summed E-state index contributed by atoms with van der Waals surface area (Å²) >= 11 is 13.6. The Bertz CT molecular complexity index is 1140. The number of hydrogen-bond donors (Lipinski definition) is 1. The van der Waals surface area contributed by atoms with Gasteiger partial charge in [0, 0.05) is 15.8 Å². The fourth-order valence-corrected chi connectivity index (χ4v) is 4.04. The van der Waals surface area contributed by atoms with E-state index in [1.165, 1.54) is 22.7 Å². The molecule has 2 aromatic carbocycles. The van der Waals surface area contributed by atoms with Gasteiger partial charge in [0.05, 0.1) is 10.9 Å². The molecule has 2 heterocycles. The SMILES string of the molecule is O=c1c2ccccc2nc(SCc2ccc(Cl)cc2Cl)n1-c1ncn[nH]1. The molecular formula is C17H11Cl2N5OS. The Labute approximate surface area is 162 Å². The fraction of sp³-hybridized carbons (Fsp3) is 0.0588. The molecule has 0 saturated carbocycles. The van der Waals surface area contributed by atoms with Crippen LogP contribution in [-0.4, -0.2) is 24.7 Å². The Balaban J connectivity index is 1.80. The van der Waals surface area contributed by atoms with Crippen LogP contribution in [0.2, 0.25) is 10.0 Å². The van der Waals surface area contributed by atoms with Gasteiger partial charge in [-0.2, -0.15) is 10.1 Å². The minimum absolute atomic E-state index is 0.211. The standard InChI is InChI=1S/C17H11Cl2N5OS/c18-11-6-5-10(13(19)7-11)8-26-17-22-14-4-2-1-3-12(14)15(25)24(17)16-20-9-21-23-16/h1-7,9H,8H2,(H,20,21,23). The average molecular weight is 404 g/mol. The summed E-state index contributed by atoms with van der Waals surface area (Å²) in [6, 6.07) is 12.5. The maximum Gasteiger partial charge on any atom is 0.269 e. The van der Waals surface area contributed by atoms with Crippen molar-refractivity contribution in [3.63, 3.8) is 0 Å². The summed E-state index contributed by atoms with van der Waals surface area (Å²) in [4.78, 5) is 21.7. The summed E-state index contributed by atoms with van der Waals surface area (Å²) in [5.74, 6) is 0.840. The smallest absolute Gasteiger partial charge is 0.268 e. The summed E-state index contributed by atoms with van der Waals surface area (Å²) in [7, 11) is 0. The third-order valence-corrected chi connectivity index (χ3v) is 5.31. The minimum Gasteiger partial charge on any atom is -0.268 e. The van der Waals surface area contributed by atoms with Crippen molar-refractivity contribution in [1.82, 2.24) is 24.7 Å². The van der Waals surface area contributed by atoms with E-state index in [0.29, 0.717) is 37.8 Å². The van der Waals surface area contributed by atoms with Crippen molar-refractivity contribution in [2.75, 3.05) is 0 Å². The van der Waals surface area contributed by atoms with Crippen molar-refractivity contribution in [3.8, 4) is 5.95 Å². The predicted molar refractivity (Wildman–Crippen MR) is 103 cm³/mol. The fourth-order valence-electron chi connectivity index (χ4n) is 2.48. The lowest BCUT2D eigenvalue weighted by atomic mass is 10.2. The van der Waals surface area contributed by atoms with Crippen LogP contribution in [-0.2, 0) is 5.75 Å². The van der Waals surface area contributed by atoms with Crippen LogP contribution in [0.25, 0.3) is 16.9 Å². The maximum atomic E-state index is 12.9. The number of rotatable bonds is 4. The van der Waals surface area contributed by atoms with Crippen molar-refractivity contribution >= 4 is 45.9 Å². The van der Waals surface area contributed by atoms with E-state index in [9.17, 15) is 4.79 Å². The molecule has 26 heavy (non-hydrogen) atoms. The van der Waals surface area contributed by atoms with Gasteiger partial charge >= 0.3 is 0 Å². The zero-order chi connectivity index (χ0) is 18.1.